The highest BCUT2D eigenvalue weighted by atomic mass is 35.5. The lowest BCUT2D eigenvalue weighted by atomic mass is 10.1. The molecule has 1 heterocycles. The fraction of sp³-hybridized carbons (Fsp3) is 0.526. The van der Waals surface area contributed by atoms with Crippen LogP contribution in [-0.2, 0) is 14.4 Å². The molecule has 3 rings (SSSR count). The van der Waals surface area contributed by atoms with E-state index in [0.29, 0.717) is 42.8 Å². The van der Waals surface area contributed by atoms with Crippen molar-refractivity contribution in [2.45, 2.75) is 27.2 Å². The number of anilines is 1. The average Bonchev–Trinajstić information content (AvgIpc) is 3.33. The summed E-state index contributed by atoms with van der Waals surface area (Å²) in [6.45, 7) is 7.49. The van der Waals surface area contributed by atoms with E-state index in [1.807, 2.05) is 18.7 Å². The van der Waals surface area contributed by atoms with Crippen LogP contribution in [0, 0.1) is 25.7 Å². The molecule has 1 saturated heterocycles. The van der Waals surface area contributed by atoms with E-state index in [4.69, 9.17) is 11.6 Å². The van der Waals surface area contributed by atoms with Gasteiger partial charge in [0.1, 0.15) is 0 Å². The first-order valence-corrected chi connectivity index (χ1v) is 9.31. The van der Waals surface area contributed by atoms with E-state index in [0.717, 1.165) is 17.5 Å². The fourth-order valence-electron chi connectivity index (χ4n) is 3.45. The molecule has 1 aliphatic heterocycles. The first kappa shape index (κ1) is 18.7. The average molecular weight is 378 g/mol. The number of piperazine rings is 1. The molecule has 0 spiro atoms. The normalized spacial score (nSPS) is 22.2. The van der Waals surface area contributed by atoms with Crippen LogP contribution in [0.3, 0.4) is 0 Å². The van der Waals surface area contributed by atoms with Gasteiger partial charge in [-0.05, 0) is 49.4 Å². The Labute approximate surface area is 158 Å². The SMILES string of the molecule is Cc1cc(Cl)cc(C)c1NC(=O)C(=O)N1CCN(C(=O)[C@@H]2C[C@H]2C)CC1. The molecule has 2 atom stereocenters. The smallest absolute Gasteiger partial charge is 0.313 e. The van der Waals surface area contributed by atoms with Crippen LogP contribution in [-0.4, -0.2) is 53.7 Å². The van der Waals surface area contributed by atoms with Gasteiger partial charge in [0.15, 0.2) is 0 Å². The molecular formula is C19H24ClN3O3. The van der Waals surface area contributed by atoms with Gasteiger partial charge in [-0.3, -0.25) is 14.4 Å². The number of benzene rings is 1. The monoisotopic (exact) mass is 377 g/mol. The number of hydrogen-bond acceptors (Lipinski definition) is 3. The maximum atomic E-state index is 12.5. The van der Waals surface area contributed by atoms with Crippen LogP contribution in [0.4, 0.5) is 5.69 Å². The molecule has 1 aliphatic carbocycles. The zero-order valence-electron chi connectivity index (χ0n) is 15.3. The lowest BCUT2D eigenvalue weighted by Gasteiger charge is -2.34. The van der Waals surface area contributed by atoms with E-state index in [2.05, 4.69) is 12.2 Å². The summed E-state index contributed by atoms with van der Waals surface area (Å²) in [4.78, 5) is 40.4. The molecule has 3 amide bonds. The van der Waals surface area contributed by atoms with Crippen molar-refractivity contribution in [1.29, 1.82) is 0 Å². The quantitative estimate of drug-likeness (QED) is 0.803. The third-order valence-electron chi connectivity index (χ3n) is 5.24. The molecule has 140 valence electrons. The Kier molecular flexibility index (Phi) is 5.23. The number of hydrogen-bond donors (Lipinski definition) is 1. The highest BCUT2D eigenvalue weighted by Crippen LogP contribution is 2.39. The summed E-state index contributed by atoms with van der Waals surface area (Å²) in [5.41, 5.74) is 2.24. The number of nitrogens with zero attached hydrogens (tertiary/aromatic N) is 2. The van der Waals surface area contributed by atoms with Gasteiger partial charge in [-0.25, -0.2) is 0 Å². The second-order valence-corrected chi connectivity index (χ2v) is 7.74. The molecule has 0 aromatic heterocycles. The first-order valence-electron chi connectivity index (χ1n) is 8.93. The summed E-state index contributed by atoms with van der Waals surface area (Å²) in [6, 6.07) is 3.50. The van der Waals surface area contributed by atoms with Crippen molar-refractivity contribution in [2.75, 3.05) is 31.5 Å². The summed E-state index contributed by atoms with van der Waals surface area (Å²) in [5, 5.41) is 3.29. The number of nitrogens with one attached hydrogen (secondary N) is 1. The van der Waals surface area contributed by atoms with Crippen molar-refractivity contribution < 1.29 is 14.4 Å². The maximum absolute atomic E-state index is 12.5. The molecule has 1 saturated carbocycles. The van der Waals surface area contributed by atoms with Crippen LogP contribution in [0.15, 0.2) is 12.1 Å². The number of carbonyl (C=O) groups excluding carboxylic acids is 3. The summed E-state index contributed by atoms with van der Waals surface area (Å²) in [6.07, 6.45) is 0.959. The highest BCUT2D eigenvalue weighted by Gasteiger charge is 2.42. The van der Waals surface area contributed by atoms with Gasteiger partial charge in [0.25, 0.3) is 0 Å². The Bertz CT molecular complexity index is 733. The van der Waals surface area contributed by atoms with Crippen molar-refractivity contribution in [2.24, 2.45) is 11.8 Å². The van der Waals surface area contributed by atoms with Crippen LogP contribution < -0.4 is 5.32 Å². The van der Waals surface area contributed by atoms with Crippen molar-refractivity contribution in [3.63, 3.8) is 0 Å². The van der Waals surface area contributed by atoms with E-state index in [-0.39, 0.29) is 11.8 Å². The van der Waals surface area contributed by atoms with Gasteiger partial charge in [-0.15, -0.1) is 0 Å². The standard InChI is InChI=1S/C19H24ClN3O3/c1-11-10-15(11)18(25)22-4-6-23(7-5-22)19(26)17(24)21-16-12(2)8-14(20)9-13(16)3/h8-9,11,15H,4-7,10H2,1-3H3,(H,21,24)/t11-,15-/m1/s1. The molecule has 6 nitrogen and oxygen atoms in total. The van der Waals surface area contributed by atoms with E-state index < -0.39 is 11.8 Å². The number of aryl methyl sites for hydroxylation is 2. The Morgan fingerprint density at radius 3 is 2.04 bits per heavy atom. The maximum Gasteiger partial charge on any atom is 0.313 e. The summed E-state index contributed by atoms with van der Waals surface area (Å²) < 4.78 is 0. The third kappa shape index (κ3) is 3.85. The van der Waals surface area contributed by atoms with Gasteiger partial charge in [0.05, 0.1) is 0 Å². The van der Waals surface area contributed by atoms with Crippen LogP contribution >= 0.6 is 11.6 Å². The second-order valence-electron chi connectivity index (χ2n) is 7.31. The number of amides is 3. The molecule has 1 N–H and O–H groups in total. The fourth-order valence-corrected chi connectivity index (χ4v) is 3.78. The third-order valence-corrected chi connectivity index (χ3v) is 5.45. The molecule has 0 radical (unpaired) electrons. The Balaban J connectivity index is 1.57. The predicted octanol–water partition coefficient (Wildman–Crippen LogP) is 2.22. The molecule has 2 aliphatic rings. The van der Waals surface area contributed by atoms with Gasteiger partial charge in [0, 0.05) is 42.8 Å². The summed E-state index contributed by atoms with van der Waals surface area (Å²) in [7, 11) is 0. The summed E-state index contributed by atoms with van der Waals surface area (Å²) in [5.74, 6) is -0.420. The lowest BCUT2D eigenvalue weighted by molar-refractivity contribution is -0.146. The van der Waals surface area contributed by atoms with Crippen LogP contribution in [0.1, 0.15) is 24.5 Å². The highest BCUT2D eigenvalue weighted by molar-refractivity contribution is 6.39. The van der Waals surface area contributed by atoms with E-state index in [1.54, 1.807) is 12.1 Å². The van der Waals surface area contributed by atoms with Crippen molar-refractivity contribution in [1.82, 2.24) is 9.80 Å². The molecular weight excluding hydrogens is 354 g/mol. The van der Waals surface area contributed by atoms with E-state index >= 15 is 0 Å². The number of halogens is 1. The zero-order valence-corrected chi connectivity index (χ0v) is 16.1. The molecule has 26 heavy (non-hydrogen) atoms. The minimum Gasteiger partial charge on any atom is -0.339 e. The van der Waals surface area contributed by atoms with Gasteiger partial charge in [0.2, 0.25) is 5.91 Å². The zero-order chi connectivity index (χ0) is 19.0. The van der Waals surface area contributed by atoms with Crippen molar-refractivity contribution in [3.05, 3.63) is 28.3 Å². The number of rotatable bonds is 2. The van der Waals surface area contributed by atoms with Crippen LogP contribution in [0.5, 0.6) is 0 Å². The Morgan fingerprint density at radius 2 is 1.54 bits per heavy atom. The minimum absolute atomic E-state index is 0.149. The molecule has 7 heteroatoms. The van der Waals surface area contributed by atoms with Gasteiger partial charge in [-0.2, -0.15) is 0 Å². The molecule has 0 bridgehead atoms. The minimum atomic E-state index is -0.658. The second kappa shape index (κ2) is 7.27. The van der Waals surface area contributed by atoms with Gasteiger partial charge < -0.3 is 15.1 Å². The number of carbonyl (C=O) groups is 3. The molecule has 2 fully saturated rings. The topological polar surface area (TPSA) is 69.7 Å². The van der Waals surface area contributed by atoms with Crippen molar-refractivity contribution in [3.8, 4) is 0 Å². The lowest BCUT2D eigenvalue weighted by Crippen LogP contribution is -2.53. The molecule has 1 aromatic rings. The van der Waals surface area contributed by atoms with Gasteiger partial charge in [-0.1, -0.05) is 18.5 Å². The van der Waals surface area contributed by atoms with E-state index in [9.17, 15) is 14.4 Å². The Hall–Kier alpha value is -2.08. The Morgan fingerprint density at radius 1 is 1.04 bits per heavy atom. The summed E-state index contributed by atoms with van der Waals surface area (Å²) >= 11 is 6.00. The predicted molar refractivity (Wildman–Crippen MR) is 100.0 cm³/mol. The largest absolute Gasteiger partial charge is 0.339 e. The molecule has 1 aromatic carbocycles. The first-order chi connectivity index (χ1) is 12.3. The van der Waals surface area contributed by atoms with Gasteiger partial charge >= 0.3 is 11.8 Å². The van der Waals surface area contributed by atoms with E-state index in [1.165, 1.54) is 4.90 Å². The van der Waals surface area contributed by atoms with Crippen molar-refractivity contribution >= 4 is 35.0 Å². The van der Waals surface area contributed by atoms with Crippen LogP contribution in [0.2, 0.25) is 5.02 Å². The van der Waals surface area contributed by atoms with Crippen LogP contribution in [0.25, 0.3) is 0 Å². The molecule has 0 unspecified atom stereocenters.